The maximum atomic E-state index is 12.7. The van der Waals surface area contributed by atoms with E-state index in [1.54, 1.807) is 36.3 Å². The Bertz CT molecular complexity index is 665. The van der Waals surface area contributed by atoms with Crippen LogP contribution in [0.5, 0.6) is 5.75 Å². The van der Waals surface area contributed by atoms with Crippen molar-refractivity contribution in [1.82, 2.24) is 9.21 Å². The van der Waals surface area contributed by atoms with Crippen molar-refractivity contribution in [3.63, 3.8) is 0 Å². The van der Waals surface area contributed by atoms with E-state index < -0.39 is 10.0 Å². The molecule has 0 unspecified atom stereocenters. The first-order chi connectivity index (χ1) is 12.5. The second-order valence-electron chi connectivity index (χ2n) is 6.62. The molecule has 1 aromatic carbocycles. The zero-order valence-electron chi connectivity index (χ0n) is 15.8. The average molecular weight is 383 g/mol. The number of benzene rings is 1. The van der Waals surface area contributed by atoms with Crippen molar-refractivity contribution in [3.05, 3.63) is 24.3 Å². The topological polar surface area (TPSA) is 66.9 Å². The minimum atomic E-state index is -3.52. The molecule has 0 saturated carbocycles. The summed E-state index contributed by atoms with van der Waals surface area (Å²) in [5.41, 5.74) is 0. The van der Waals surface area contributed by atoms with E-state index in [4.69, 9.17) is 4.74 Å². The fraction of sp³-hybridized carbons (Fsp3) is 0.632. The number of sulfonamides is 1. The highest BCUT2D eigenvalue weighted by molar-refractivity contribution is 7.89. The lowest BCUT2D eigenvalue weighted by Crippen LogP contribution is -2.50. The summed E-state index contributed by atoms with van der Waals surface area (Å²) in [6, 6.07) is 6.40. The van der Waals surface area contributed by atoms with Crippen LogP contribution in [-0.4, -0.2) is 56.8 Å². The van der Waals surface area contributed by atoms with Crippen molar-refractivity contribution in [1.29, 1.82) is 0 Å². The fourth-order valence-electron chi connectivity index (χ4n) is 3.11. The van der Waals surface area contributed by atoms with Crippen molar-refractivity contribution < 1.29 is 17.9 Å². The summed E-state index contributed by atoms with van der Waals surface area (Å²) in [7, 11) is -1.98. The number of ether oxygens (including phenoxy) is 1. The normalized spacial score (nSPS) is 15.8. The van der Waals surface area contributed by atoms with Crippen molar-refractivity contribution in [3.8, 4) is 5.75 Å². The van der Waals surface area contributed by atoms with E-state index in [9.17, 15) is 13.2 Å². The highest BCUT2D eigenvalue weighted by atomic mass is 32.2. The lowest BCUT2D eigenvalue weighted by atomic mass is 10.1. The number of unbranched alkanes of at least 4 members (excludes halogenated alkanes) is 4. The second kappa shape index (κ2) is 9.92. The van der Waals surface area contributed by atoms with Crippen LogP contribution < -0.4 is 4.74 Å². The molecule has 7 heteroatoms. The van der Waals surface area contributed by atoms with Gasteiger partial charge in [-0.1, -0.05) is 32.6 Å². The molecule has 1 aliphatic heterocycles. The van der Waals surface area contributed by atoms with Crippen LogP contribution in [0.25, 0.3) is 0 Å². The van der Waals surface area contributed by atoms with Gasteiger partial charge in [0, 0.05) is 32.6 Å². The molecule has 146 valence electrons. The summed E-state index contributed by atoms with van der Waals surface area (Å²) < 4.78 is 32.0. The first-order valence-corrected chi connectivity index (χ1v) is 10.8. The highest BCUT2D eigenvalue weighted by Gasteiger charge is 2.29. The molecule has 1 fully saturated rings. The molecule has 0 aromatic heterocycles. The molecule has 0 atom stereocenters. The van der Waals surface area contributed by atoms with Crippen LogP contribution in [0.2, 0.25) is 0 Å². The van der Waals surface area contributed by atoms with E-state index in [0.717, 1.165) is 12.8 Å². The Morgan fingerprint density at radius 2 is 1.62 bits per heavy atom. The summed E-state index contributed by atoms with van der Waals surface area (Å²) in [4.78, 5) is 14.3. The third-order valence-electron chi connectivity index (χ3n) is 4.78. The van der Waals surface area contributed by atoms with E-state index in [1.165, 1.54) is 23.6 Å². The molecule has 1 heterocycles. The van der Waals surface area contributed by atoms with Crippen molar-refractivity contribution in [2.75, 3.05) is 33.3 Å². The Morgan fingerprint density at radius 3 is 2.19 bits per heavy atom. The summed E-state index contributed by atoms with van der Waals surface area (Å²) in [5.74, 6) is 0.765. The van der Waals surface area contributed by atoms with Crippen LogP contribution >= 0.6 is 0 Å². The molecule has 0 radical (unpaired) electrons. The van der Waals surface area contributed by atoms with Gasteiger partial charge in [-0.15, -0.1) is 0 Å². The Morgan fingerprint density at radius 1 is 1.00 bits per heavy atom. The molecular weight excluding hydrogens is 352 g/mol. The number of amides is 1. The largest absolute Gasteiger partial charge is 0.497 e. The van der Waals surface area contributed by atoms with Crippen LogP contribution in [-0.2, 0) is 14.8 Å². The summed E-state index contributed by atoms with van der Waals surface area (Å²) >= 11 is 0. The molecule has 26 heavy (non-hydrogen) atoms. The first-order valence-electron chi connectivity index (χ1n) is 9.41. The third-order valence-corrected chi connectivity index (χ3v) is 6.70. The minimum Gasteiger partial charge on any atom is -0.497 e. The molecular formula is C19H30N2O4S. The predicted molar refractivity (Wildman–Crippen MR) is 102 cm³/mol. The van der Waals surface area contributed by atoms with Gasteiger partial charge in [-0.05, 0) is 30.7 Å². The average Bonchev–Trinajstić information content (AvgIpc) is 2.67. The lowest BCUT2D eigenvalue weighted by molar-refractivity contribution is -0.132. The summed E-state index contributed by atoms with van der Waals surface area (Å²) in [6.07, 6.45) is 6.16. The smallest absolute Gasteiger partial charge is 0.243 e. The summed E-state index contributed by atoms with van der Waals surface area (Å²) in [6.45, 7) is 3.78. The molecule has 1 amide bonds. The number of hydrogen-bond donors (Lipinski definition) is 0. The molecule has 1 saturated heterocycles. The number of carbonyl (C=O) groups is 1. The number of piperazine rings is 1. The second-order valence-corrected chi connectivity index (χ2v) is 8.56. The van der Waals surface area contributed by atoms with E-state index in [0.29, 0.717) is 38.3 Å². The van der Waals surface area contributed by atoms with Crippen LogP contribution in [0.15, 0.2) is 29.2 Å². The van der Waals surface area contributed by atoms with E-state index in [-0.39, 0.29) is 10.8 Å². The van der Waals surface area contributed by atoms with Gasteiger partial charge in [0.1, 0.15) is 5.75 Å². The van der Waals surface area contributed by atoms with Gasteiger partial charge in [0.2, 0.25) is 15.9 Å². The maximum absolute atomic E-state index is 12.7. The molecule has 6 nitrogen and oxygen atoms in total. The van der Waals surface area contributed by atoms with Gasteiger partial charge in [0.05, 0.1) is 12.0 Å². The Labute approximate surface area is 157 Å². The van der Waals surface area contributed by atoms with Gasteiger partial charge in [0.25, 0.3) is 0 Å². The van der Waals surface area contributed by atoms with Crippen LogP contribution in [0, 0.1) is 0 Å². The zero-order valence-corrected chi connectivity index (χ0v) is 16.6. The zero-order chi connectivity index (χ0) is 19.0. The van der Waals surface area contributed by atoms with Gasteiger partial charge in [-0.3, -0.25) is 4.79 Å². The van der Waals surface area contributed by atoms with E-state index in [1.807, 2.05) is 0 Å². The number of methoxy groups -OCH3 is 1. The Kier molecular flexibility index (Phi) is 7.90. The monoisotopic (exact) mass is 382 g/mol. The molecule has 0 bridgehead atoms. The predicted octanol–water partition coefficient (Wildman–Crippen LogP) is 2.89. The van der Waals surface area contributed by atoms with Crippen molar-refractivity contribution in [2.24, 2.45) is 0 Å². The summed E-state index contributed by atoms with van der Waals surface area (Å²) in [5, 5.41) is 0. The molecule has 1 aliphatic rings. The number of hydrogen-bond acceptors (Lipinski definition) is 4. The molecule has 0 spiro atoms. The Hall–Kier alpha value is -1.60. The third kappa shape index (κ3) is 5.45. The van der Waals surface area contributed by atoms with Gasteiger partial charge in [-0.2, -0.15) is 4.31 Å². The first kappa shape index (κ1) is 20.7. The van der Waals surface area contributed by atoms with Gasteiger partial charge >= 0.3 is 0 Å². The molecule has 2 rings (SSSR count). The van der Waals surface area contributed by atoms with Gasteiger partial charge in [0.15, 0.2) is 0 Å². The number of carbonyl (C=O) groups excluding carboxylic acids is 1. The van der Waals surface area contributed by atoms with E-state index >= 15 is 0 Å². The molecule has 0 N–H and O–H groups in total. The quantitative estimate of drug-likeness (QED) is 0.616. The minimum absolute atomic E-state index is 0.142. The fourth-order valence-corrected chi connectivity index (χ4v) is 4.53. The van der Waals surface area contributed by atoms with Gasteiger partial charge < -0.3 is 9.64 Å². The maximum Gasteiger partial charge on any atom is 0.243 e. The van der Waals surface area contributed by atoms with Crippen molar-refractivity contribution in [2.45, 2.75) is 50.3 Å². The number of rotatable bonds is 9. The standard InChI is InChI=1S/C19H30N2O4S/c1-3-4-5-6-7-8-19(22)20-13-15-21(16-14-20)26(23,24)18-11-9-17(25-2)10-12-18/h9-12H,3-8,13-16H2,1-2H3. The van der Waals surface area contributed by atoms with Crippen LogP contribution in [0.1, 0.15) is 45.4 Å². The van der Waals surface area contributed by atoms with Crippen molar-refractivity contribution >= 4 is 15.9 Å². The van der Waals surface area contributed by atoms with E-state index in [2.05, 4.69) is 6.92 Å². The lowest BCUT2D eigenvalue weighted by Gasteiger charge is -2.34. The van der Waals surface area contributed by atoms with Gasteiger partial charge in [-0.25, -0.2) is 8.42 Å². The molecule has 0 aliphatic carbocycles. The number of nitrogens with zero attached hydrogens (tertiary/aromatic N) is 2. The SMILES string of the molecule is CCCCCCCC(=O)N1CCN(S(=O)(=O)c2ccc(OC)cc2)CC1. The van der Waals surface area contributed by atoms with Crippen LogP contribution in [0.3, 0.4) is 0 Å². The highest BCUT2D eigenvalue weighted by Crippen LogP contribution is 2.21. The molecule has 1 aromatic rings. The Balaban J connectivity index is 1.83. The van der Waals surface area contributed by atoms with Crippen LogP contribution in [0.4, 0.5) is 0 Å².